The average Bonchev–Trinajstić information content (AvgIpc) is 3.24. The van der Waals surface area contributed by atoms with E-state index in [1.807, 2.05) is 0 Å². The first-order chi connectivity index (χ1) is 11.7. The Labute approximate surface area is 139 Å². The molecule has 1 saturated carbocycles. The standard InChI is InChI=1S/C17H21F2N3O2/c1-2-9-22(10-12-7-8-12)11-15-20-16(21-24-15)13-5-3-4-6-14(13)23-17(18)19/h3-6,12,17H,2,7-11H2,1H3. The van der Waals surface area contributed by atoms with Crippen molar-refractivity contribution in [3.63, 3.8) is 0 Å². The van der Waals surface area contributed by atoms with Crippen molar-refractivity contribution in [2.24, 2.45) is 5.92 Å². The largest absolute Gasteiger partial charge is 0.434 e. The quantitative estimate of drug-likeness (QED) is 0.693. The highest BCUT2D eigenvalue weighted by atomic mass is 19.3. The van der Waals surface area contributed by atoms with Gasteiger partial charge in [-0.1, -0.05) is 24.2 Å². The SMILES string of the molecule is CCCN(Cc1nc(-c2ccccc2OC(F)F)no1)CC1CC1. The molecule has 0 atom stereocenters. The average molecular weight is 337 g/mol. The minimum atomic E-state index is -2.89. The number of ether oxygens (including phenoxy) is 1. The minimum Gasteiger partial charge on any atom is -0.434 e. The van der Waals surface area contributed by atoms with Crippen LogP contribution in [0.4, 0.5) is 8.78 Å². The number of hydrogen-bond acceptors (Lipinski definition) is 5. The molecule has 0 aliphatic heterocycles. The molecule has 1 fully saturated rings. The van der Waals surface area contributed by atoms with E-state index in [1.54, 1.807) is 18.2 Å². The highest BCUT2D eigenvalue weighted by molar-refractivity contribution is 5.63. The highest BCUT2D eigenvalue weighted by Crippen LogP contribution is 2.31. The van der Waals surface area contributed by atoms with Gasteiger partial charge in [-0.05, 0) is 43.9 Å². The van der Waals surface area contributed by atoms with Gasteiger partial charge in [0.25, 0.3) is 0 Å². The normalized spacial score (nSPS) is 14.5. The van der Waals surface area contributed by atoms with Crippen molar-refractivity contribution in [1.29, 1.82) is 0 Å². The van der Waals surface area contributed by atoms with E-state index in [0.717, 1.165) is 25.4 Å². The lowest BCUT2D eigenvalue weighted by Crippen LogP contribution is -2.26. The second-order valence-corrected chi connectivity index (χ2v) is 6.06. The van der Waals surface area contributed by atoms with E-state index in [2.05, 4.69) is 26.7 Å². The molecule has 1 aliphatic carbocycles. The van der Waals surface area contributed by atoms with Crippen LogP contribution in [-0.4, -0.2) is 34.7 Å². The molecule has 0 amide bonds. The number of halogens is 2. The lowest BCUT2D eigenvalue weighted by Gasteiger charge is -2.18. The van der Waals surface area contributed by atoms with E-state index in [4.69, 9.17) is 4.52 Å². The summed E-state index contributed by atoms with van der Waals surface area (Å²) in [4.78, 5) is 6.66. The summed E-state index contributed by atoms with van der Waals surface area (Å²) in [6, 6.07) is 6.45. The van der Waals surface area contributed by atoms with Crippen molar-refractivity contribution in [1.82, 2.24) is 15.0 Å². The van der Waals surface area contributed by atoms with Crippen LogP contribution in [-0.2, 0) is 6.54 Å². The third-order valence-corrected chi connectivity index (χ3v) is 3.92. The first kappa shape index (κ1) is 16.8. The molecule has 0 radical (unpaired) electrons. The number of rotatable bonds is 9. The molecule has 1 aromatic carbocycles. The smallest absolute Gasteiger partial charge is 0.387 e. The molecule has 0 unspecified atom stereocenters. The Morgan fingerprint density at radius 2 is 2.12 bits per heavy atom. The van der Waals surface area contributed by atoms with Crippen LogP contribution in [0.5, 0.6) is 5.75 Å². The van der Waals surface area contributed by atoms with Gasteiger partial charge in [-0.3, -0.25) is 4.90 Å². The molecule has 0 spiro atoms. The molecule has 1 aromatic heterocycles. The maximum atomic E-state index is 12.5. The Morgan fingerprint density at radius 1 is 1.33 bits per heavy atom. The molecule has 130 valence electrons. The zero-order chi connectivity index (χ0) is 16.9. The van der Waals surface area contributed by atoms with Crippen LogP contribution in [0.1, 0.15) is 32.1 Å². The Morgan fingerprint density at radius 3 is 2.83 bits per heavy atom. The van der Waals surface area contributed by atoms with Gasteiger partial charge in [0.2, 0.25) is 11.7 Å². The Hall–Kier alpha value is -2.02. The number of para-hydroxylation sites is 1. The van der Waals surface area contributed by atoms with E-state index in [0.29, 0.717) is 18.0 Å². The van der Waals surface area contributed by atoms with Gasteiger partial charge in [0.1, 0.15) is 5.75 Å². The van der Waals surface area contributed by atoms with Gasteiger partial charge in [-0.25, -0.2) is 0 Å². The number of hydrogen-bond donors (Lipinski definition) is 0. The third-order valence-electron chi connectivity index (χ3n) is 3.92. The van der Waals surface area contributed by atoms with Crippen molar-refractivity contribution in [2.75, 3.05) is 13.1 Å². The monoisotopic (exact) mass is 337 g/mol. The predicted octanol–water partition coefficient (Wildman–Crippen LogP) is 3.96. The topological polar surface area (TPSA) is 51.4 Å². The summed E-state index contributed by atoms with van der Waals surface area (Å²) in [7, 11) is 0. The zero-order valence-electron chi connectivity index (χ0n) is 13.6. The summed E-state index contributed by atoms with van der Waals surface area (Å²) < 4.78 is 34.9. The van der Waals surface area contributed by atoms with E-state index < -0.39 is 6.61 Å². The first-order valence-electron chi connectivity index (χ1n) is 8.25. The number of benzene rings is 1. The van der Waals surface area contributed by atoms with Gasteiger partial charge in [-0.15, -0.1) is 0 Å². The van der Waals surface area contributed by atoms with E-state index in [1.165, 1.54) is 18.9 Å². The summed E-state index contributed by atoms with van der Waals surface area (Å²) in [5.41, 5.74) is 0.400. The molecule has 5 nitrogen and oxygen atoms in total. The molecule has 0 saturated heterocycles. The van der Waals surface area contributed by atoms with Gasteiger partial charge in [0.15, 0.2) is 0 Å². The maximum absolute atomic E-state index is 12.5. The lowest BCUT2D eigenvalue weighted by molar-refractivity contribution is -0.0494. The van der Waals surface area contributed by atoms with Crippen LogP contribution in [0.25, 0.3) is 11.4 Å². The van der Waals surface area contributed by atoms with Gasteiger partial charge in [0.05, 0.1) is 12.1 Å². The first-order valence-corrected chi connectivity index (χ1v) is 8.25. The van der Waals surface area contributed by atoms with Crippen LogP contribution >= 0.6 is 0 Å². The van der Waals surface area contributed by atoms with Gasteiger partial charge < -0.3 is 9.26 Å². The van der Waals surface area contributed by atoms with Crippen LogP contribution in [0, 0.1) is 5.92 Å². The second kappa shape index (κ2) is 7.70. The van der Waals surface area contributed by atoms with Gasteiger partial charge >= 0.3 is 6.61 Å². The van der Waals surface area contributed by atoms with E-state index in [-0.39, 0.29) is 11.6 Å². The fourth-order valence-corrected chi connectivity index (χ4v) is 2.69. The van der Waals surface area contributed by atoms with Crippen molar-refractivity contribution in [3.8, 4) is 17.1 Å². The summed E-state index contributed by atoms with van der Waals surface area (Å²) >= 11 is 0. The predicted molar refractivity (Wildman–Crippen MR) is 84.7 cm³/mol. The highest BCUT2D eigenvalue weighted by Gasteiger charge is 2.25. The van der Waals surface area contributed by atoms with E-state index in [9.17, 15) is 8.78 Å². The molecular weight excluding hydrogens is 316 g/mol. The van der Waals surface area contributed by atoms with E-state index >= 15 is 0 Å². The summed E-state index contributed by atoms with van der Waals surface area (Å²) in [6.07, 6.45) is 3.63. The molecule has 1 aliphatic rings. The Kier molecular flexibility index (Phi) is 5.40. The van der Waals surface area contributed by atoms with Crippen molar-refractivity contribution in [3.05, 3.63) is 30.2 Å². The van der Waals surface area contributed by atoms with Gasteiger partial charge in [-0.2, -0.15) is 13.8 Å². The molecule has 0 N–H and O–H groups in total. The van der Waals surface area contributed by atoms with Crippen molar-refractivity contribution >= 4 is 0 Å². The van der Waals surface area contributed by atoms with Gasteiger partial charge in [0, 0.05) is 6.54 Å². The molecule has 1 heterocycles. The Balaban J connectivity index is 1.72. The maximum Gasteiger partial charge on any atom is 0.387 e. The molecular formula is C17H21F2N3O2. The molecule has 2 aromatic rings. The van der Waals surface area contributed by atoms with Crippen molar-refractivity contribution in [2.45, 2.75) is 39.3 Å². The fraction of sp³-hybridized carbons (Fsp3) is 0.529. The molecule has 24 heavy (non-hydrogen) atoms. The Bertz CT molecular complexity index is 659. The summed E-state index contributed by atoms with van der Waals surface area (Å²) in [6.45, 7) is 1.83. The van der Waals surface area contributed by atoms with Crippen molar-refractivity contribution < 1.29 is 18.0 Å². The second-order valence-electron chi connectivity index (χ2n) is 6.06. The molecule has 7 heteroatoms. The number of aromatic nitrogens is 2. The molecule has 0 bridgehead atoms. The van der Waals surface area contributed by atoms with Crippen LogP contribution in [0.15, 0.2) is 28.8 Å². The van der Waals surface area contributed by atoms with Crippen LogP contribution < -0.4 is 4.74 Å². The van der Waals surface area contributed by atoms with Crippen LogP contribution in [0.3, 0.4) is 0 Å². The number of nitrogens with zero attached hydrogens (tertiary/aromatic N) is 3. The van der Waals surface area contributed by atoms with Crippen LogP contribution in [0.2, 0.25) is 0 Å². The molecule has 3 rings (SSSR count). The number of alkyl halides is 2. The summed E-state index contributed by atoms with van der Waals surface area (Å²) in [5, 5.41) is 3.92. The fourth-order valence-electron chi connectivity index (χ4n) is 2.69. The zero-order valence-corrected chi connectivity index (χ0v) is 13.6. The third kappa shape index (κ3) is 4.50. The summed E-state index contributed by atoms with van der Waals surface area (Å²) in [5.74, 6) is 1.58. The lowest BCUT2D eigenvalue weighted by atomic mass is 10.2. The minimum absolute atomic E-state index is 0.0447.